The molecule has 2 atom stereocenters. The molecule has 7 nitrogen and oxygen atoms in total. The Balaban J connectivity index is 1.35. The Labute approximate surface area is 166 Å². The Kier molecular flexibility index (Phi) is 4.08. The number of fused-ring (bicyclic) bond motifs is 2. The van der Waals surface area contributed by atoms with Crippen molar-refractivity contribution in [1.82, 2.24) is 24.8 Å². The number of rotatable bonds is 3. The third-order valence-electron chi connectivity index (χ3n) is 5.62. The summed E-state index contributed by atoms with van der Waals surface area (Å²) in [5, 5.41) is 0. The number of benzene rings is 1. The minimum Gasteiger partial charge on any atom is -0.333 e. The summed E-state index contributed by atoms with van der Waals surface area (Å²) >= 11 is 1.56. The molecule has 5 rings (SSSR count). The van der Waals surface area contributed by atoms with Gasteiger partial charge in [-0.25, -0.2) is 4.98 Å². The predicted octanol–water partition coefficient (Wildman–Crippen LogP) is 2.41. The Hall–Kier alpha value is -2.87. The Morgan fingerprint density at radius 3 is 2.93 bits per heavy atom. The molecule has 2 aromatic heterocycles. The summed E-state index contributed by atoms with van der Waals surface area (Å²) in [6.45, 7) is 2.99. The molecule has 0 spiro atoms. The van der Waals surface area contributed by atoms with Gasteiger partial charge >= 0.3 is 0 Å². The third-order valence-corrected chi connectivity index (χ3v) is 6.43. The molecule has 0 unspecified atom stereocenters. The number of likely N-dealkylation sites (tertiary alicyclic amines) is 2. The number of hydrogen-bond acceptors (Lipinski definition) is 6. The lowest BCUT2D eigenvalue weighted by Crippen LogP contribution is -2.39. The number of hydrogen-bond donors (Lipinski definition) is 0. The lowest BCUT2D eigenvalue weighted by molar-refractivity contribution is -0.129. The Morgan fingerprint density at radius 1 is 1.21 bits per heavy atom. The first-order valence-electron chi connectivity index (χ1n) is 9.31. The first-order valence-corrected chi connectivity index (χ1v) is 10.2. The van der Waals surface area contributed by atoms with Gasteiger partial charge in [0.1, 0.15) is 0 Å². The van der Waals surface area contributed by atoms with Crippen LogP contribution in [0.2, 0.25) is 0 Å². The largest absolute Gasteiger partial charge is 0.333 e. The maximum absolute atomic E-state index is 13.1. The monoisotopic (exact) mass is 393 g/mol. The van der Waals surface area contributed by atoms with Crippen LogP contribution < -0.4 is 0 Å². The van der Waals surface area contributed by atoms with Crippen molar-refractivity contribution >= 4 is 33.4 Å². The van der Waals surface area contributed by atoms with E-state index in [-0.39, 0.29) is 23.9 Å². The number of aryl methyl sites for hydroxylation is 1. The van der Waals surface area contributed by atoms with Gasteiger partial charge in [0.05, 0.1) is 51.9 Å². The number of carbonyl (C=O) groups is 2. The van der Waals surface area contributed by atoms with Crippen LogP contribution in [0.15, 0.2) is 36.1 Å². The van der Waals surface area contributed by atoms with Crippen molar-refractivity contribution in [3.8, 4) is 0 Å². The van der Waals surface area contributed by atoms with E-state index in [0.717, 1.165) is 28.0 Å². The van der Waals surface area contributed by atoms with Crippen molar-refractivity contribution in [2.24, 2.45) is 0 Å². The summed E-state index contributed by atoms with van der Waals surface area (Å²) in [4.78, 5) is 42.4. The molecule has 0 bridgehead atoms. The van der Waals surface area contributed by atoms with Crippen LogP contribution in [0.3, 0.4) is 0 Å². The van der Waals surface area contributed by atoms with Crippen molar-refractivity contribution in [2.75, 3.05) is 6.54 Å². The lowest BCUT2D eigenvalue weighted by Gasteiger charge is -2.25. The van der Waals surface area contributed by atoms with Crippen LogP contribution in [-0.2, 0) is 11.3 Å². The lowest BCUT2D eigenvalue weighted by atomic mass is 10.1. The minimum absolute atomic E-state index is 0.0211. The van der Waals surface area contributed by atoms with E-state index in [1.54, 1.807) is 29.2 Å². The first-order chi connectivity index (χ1) is 13.6. The van der Waals surface area contributed by atoms with E-state index >= 15 is 0 Å². The summed E-state index contributed by atoms with van der Waals surface area (Å²) in [6, 6.07) is 5.60. The van der Waals surface area contributed by atoms with Crippen LogP contribution in [0, 0.1) is 6.92 Å². The van der Waals surface area contributed by atoms with Crippen molar-refractivity contribution in [1.29, 1.82) is 0 Å². The second kappa shape index (κ2) is 6.63. The highest BCUT2D eigenvalue weighted by atomic mass is 32.1. The van der Waals surface area contributed by atoms with Gasteiger partial charge in [0, 0.05) is 24.7 Å². The van der Waals surface area contributed by atoms with Crippen LogP contribution in [0.1, 0.15) is 34.6 Å². The summed E-state index contributed by atoms with van der Waals surface area (Å²) in [7, 11) is 0. The molecule has 3 aromatic rings. The van der Waals surface area contributed by atoms with Gasteiger partial charge in [-0.1, -0.05) is 0 Å². The van der Waals surface area contributed by atoms with Crippen molar-refractivity contribution < 1.29 is 9.59 Å². The number of nitrogens with zero attached hydrogens (tertiary/aromatic N) is 5. The fourth-order valence-electron chi connectivity index (χ4n) is 4.22. The van der Waals surface area contributed by atoms with E-state index in [1.165, 1.54) is 0 Å². The Morgan fingerprint density at radius 2 is 2.11 bits per heavy atom. The SMILES string of the molecule is Cc1cnc(CN2C(=O)C[C@H]3[C@@H]2CCN3C(=O)c2ccc3scnc3c2)cn1. The second-order valence-electron chi connectivity index (χ2n) is 7.33. The highest BCUT2D eigenvalue weighted by molar-refractivity contribution is 7.16. The molecule has 2 aliphatic rings. The molecular weight excluding hydrogens is 374 g/mol. The van der Waals surface area contributed by atoms with E-state index in [1.807, 2.05) is 34.9 Å². The fourth-order valence-corrected chi connectivity index (χ4v) is 4.88. The van der Waals surface area contributed by atoms with Gasteiger partial charge in [0.2, 0.25) is 5.91 Å². The summed E-state index contributed by atoms with van der Waals surface area (Å²) in [5.74, 6) is 0.0528. The van der Waals surface area contributed by atoms with E-state index in [0.29, 0.717) is 25.1 Å². The van der Waals surface area contributed by atoms with Crippen LogP contribution in [0.4, 0.5) is 0 Å². The molecule has 1 aromatic carbocycles. The number of aromatic nitrogens is 3. The van der Waals surface area contributed by atoms with Crippen LogP contribution in [0.25, 0.3) is 10.2 Å². The molecule has 28 heavy (non-hydrogen) atoms. The minimum atomic E-state index is -0.0791. The van der Waals surface area contributed by atoms with Crippen molar-refractivity contribution in [3.63, 3.8) is 0 Å². The summed E-state index contributed by atoms with van der Waals surface area (Å²) in [6.07, 6.45) is 4.60. The summed E-state index contributed by atoms with van der Waals surface area (Å²) < 4.78 is 1.07. The van der Waals surface area contributed by atoms with Crippen LogP contribution in [0.5, 0.6) is 0 Å². The zero-order valence-electron chi connectivity index (χ0n) is 15.4. The van der Waals surface area contributed by atoms with Crippen molar-refractivity contribution in [2.45, 2.75) is 38.4 Å². The summed E-state index contributed by atoms with van der Waals surface area (Å²) in [5.41, 5.74) is 4.89. The van der Waals surface area contributed by atoms with Gasteiger partial charge in [-0.05, 0) is 31.5 Å². The van der Waals surface area contributed by atoms with E-state index in [2.05, 4.69) is 15.0 Å². The van der Waals surface area contributed by atoms with Gasteiger partial charge in [-0.3, -0.25) is 19.6 Å². The van der Waals surface area contributed by atoms with Crippen LogP contribution in [-0.4, -0.2) is 55.2 Å². The first kappa shape index (κ1) is 17.2. The Bertz CT molecular complexity index is 1060. The molecule has 8 heteroatoms. The van der Waals surface area contributed by atoms with E-state index in [4.69, 9.17) is 0 Å². The standard InChI is InChI=1S/C20H19N5O2S/c1-12-8-22-14(9-21-12)10-25-16-4-5-24(17(16)7-19(25)26)20(27)13-2-3-18-15(6-13)23-11-28-18/h2-3,6,8-9,11,16-17H,4-5,7,10H2,1H3/t16-,17-/m0/s1. The number of thiazole rings is 1. The molecule has 0 aliphatic carbocycles. The zero-order chi connectivity index (χ0) is 19.3. The maximum Gasteiger partial charge on any atom is 0.254 e. The molecule has 2 aliphatic heterocycles. The quantitative estimate of drug-likeness (QED) is 0.683. The molecule has 0 N–H and O–H groups in total. The van der Waals surface area contributed by atoms with Crippen molar-refractivity contribution in [3.05, 3.63) is 53.1 Å². The number of carbonyl (C=O) groups excluding carboxylic acids is 2. The molecular formula is C20H19N5O2S. The molecule has 2 fully saturated rings. The predicted molar refractivity (Wildman–Crippen MR) is 105 cm³/mol. The number of amides is 2. The maximum atomic E-state index is 13.1. The van der Waals surface area contributed by atoms with Gasteiger partial charge in [0.25, 0.3) is 5.91 Å². The fraction of sp³-hybridized carbons (Fsp3) is 0.350. The second-order valence-corrected chi connectivity index (χ2v) is 8.22. The molecule has 2 saturated heterocycles. The van der Waals surface area contributed by atoms with Gasteiger partial charge in [0.15, 0.2) is 0 Å². The average molecular weight is 393 g/mol. The zero-order valence-corrected chi connectivity index (χ0v) is 16.2. The highest BCUT2D eigenvalue weighted by Gasteiger charge is 2.48. The van der Waals surface area contributed by atoms with E-state index in [9.17, 15) is 9.59 Å². The smallest absolute Gasteiger partial charge is 0.254 e. The van der Waals surface area contributed by atoms with Crippen LogP contribution >= 0.6 is 11.3 Å². The topological polar surface area (TPSA) is 79.3 Å². The molecule has 0 saturated carbocycles. The van der Waals surface area contributed by atoms with Gasteiger partial charge < -0.3 is 9.80 Å². The molecule has 142 valence electrons. The normalized spacial score (nSPS) is 21.5. The van der Waals surface area contributed by atoms with Gasteiger partial charge in [-0.15, -0.1) is 11.3 Å². The van der Waals surface area contributed by atoms with E-state index < -0.39 is 0 Å². The molecule has 2 amide bonds. The average Bonchev–Trinajstić information content (AvgIpc) is 3.39. The molecule has 4 heterocycles. The molecule has 0 radical (unpaired) electrons. The highest BCUT2D eigenvalue weighted by Crippen LogP contribution is 2.34. The van der Waals surface area contributed by atoms with Gasteiger partial charge in [-0.2, -0.15) is 0 Å². The third kappa shape index (κ3) is 2.84.